The lowest BCUT2D eigenvalue weighted by Gasteiger charge is -2.15. The second-order valence-electron chi connectivity index (χ2n) is 4.74. The third kappa shape index (κ3) is 4.34. The van der Waals surface area contributed by atoms with Crippen LogP contribution < -0.4 is 19.2 Å². The Bertz CT molecular complexity index is 668. The minimum Gasteiger partial charge on any atom is -0.493 e. The molecule has 2 aromatic rings. The zero-order chi connectivity index (χ0) is 17.5. The first-order valence-electron chi connectivity index (χ1n) is 7.08. The van der Waals surface area contributed by atoms with E-state index in [0.29, 0.717) is 5.56 Å². The molecule has 0 amide bonds. The summed E-state index contributed by atoms with van der Waals surface area (Å²) >= 11 is 0. The van der Waals surface area contributed by atoms with Gasteiger partial charge in [-0.3, -0.25) is 5.01 Å². The van der Waals surface area contributed by atoms with Crippen LogP contribution >= 0.6 is 0 Å². The summed E-state index contributed by atoms with van der Waals surface area (Å²) in [6.45, 7) is -2.98. The molecule has 2 rings (SSSR count). The summed E-state index contributed by atoms with van der Waals surface area (Å²) in [7, 11) is 4.53. The molecule has 0 N–H and O–H groups in total. The van der Waals surface area contributed by atoms with Crippen LogP contribution in [-0.2, 0) is 0 Å². The summed E-state index contributed by atoms with van der Waals surface area (Å²) in [5, 5.41) is 6.00. The number of hydrazone groups is 1. The highest BCUT2D eigenvalue weighted by atomic mass is 19.3. The number of anilines is 1. The van der Waals surface area contributed by atoms with Gasteiger partial charge in [0.15, 0.2) is 11.5 Å². The van der Waals surface area contributed by atoms with Gasteiger partial charge in [0.05, 0.1) is 26.1 Å². The quantitative estimate of drug-likeness (QED) is 0.570. The van der Waals surface area contributed by atoms with Crippen molar-refractivity contribution in [2.24, 2.45) is 5.10 Å². The number of para-hydroxylation sites is 1. The number of halogens is 2. The lowest BCUT2D eigenvalue weighted by atomic mass is 10.2. The van der Waals surface area contributed by atoms with E-state index in [0.717, 1.165) is 5.69 Å². The van der Waals surface area contributed by atoms with E-state index in [1.807, 2.05) is 30.3 Å². The van der Waals surface area contributed by atoms with E-state index in [-0.39, 0.29) is 17.2 Å². The first-order chi connectivity index (χ1) is 11.5. The SMILES string of the molecule is COc1cc(/C=N\N(C)c2ccccc2)cc(OC)c1OC(F)F. The van der Waals surface area contributed by atoms with Crippen molar-refractivity contribution < 1.29 is 23.0 Å². The van der Waals surface area contributed by atoms with Crippen LogP contribution in [0.4, 0.5) is 14.5 Å². The normalized spacial score (nSPS) is 10.9. The summed E-state index contributed by atoms with van der Waals surface area (Å²) in [4.78, 5) is 0. The third-order valence-corrected chi connectivity index (χ3v) is 3.20. The maximum absolute atomic E-state index is 12.5. The fourth-order valence-corrected chi connectivity index (χ4v) is 2.04. The topological polar surface area (TPSA) is 43.3 Å². The standard InChI is InChI=1S/C17H18F2N2O3/c1-21(13-7-5-4-6-8-13)20-11-12-9-14(22-2)16(24-17(18)19)15(10-12)23-3/h4-11,17H,1-3H3/b20-11-. The number of nitrogens with zero attached hydrogens (tertiary/aromatic N) is 2. The molecular weight excluding hydrogens is 318 g/mol. The molecule has 0 aromatic heterocycles. The maximum atomic E-state index is 12.5. The van der Waals surface area contributed by atoms with Gasteiger partial charge in [0.1, 0.15) is 0 Å². The number of alkyl halides is 2. The average Bonchev–Trinajstić information content (AvgIpc) is 2.60. The van der Waals surface area contributed by atoms with Gasteiger partial charge in [-0.15, -0.1) is 0 Å². The fourth-order valence-electron chi connectivity index (χ4n) is 2.04. The van der Waals surface area contributed by atoms with Gasteiger partial charge in [0.2, 0.25) is 5.75 Å². The molecule has 0 aliphatic rings. The van der Waals surface area contributed by atoms with E-state index in [4.69, 9.17) is 9.47 Å². The van der Waals surface area contributed by atoms with Crippen LogP contribution in [0.2, 0.25) is 0 Å². The molecule has 5 nitrogen and oxygen atoms in total. The molecule has 0 unspecified atom stereocenters. The van der Waals surface area contributed by atoms with Crippen molar-refractivity contribution in [1.82, 2.24) is 0 Å². The summed E-state index contributed by atoms with van der Waals surface area (Å²) in [6.07, 6.45) is 1.57. The van der Waals surface area contributed by atoms with Crippen LogP contribution in [0.15, 0.2) is 47.6 Å². The predicted octanol–water partition coefficient (Wildman–Crippen LogP) is 3.78. The Kier molecular flexibility index (Phi) is 5.95. The fraction of sp³-hybridized carbons (Fsp3) is 0.235. The number of benzene rings is 2. The summed E-state index contributed by atoms with van der Waals surface area (Å²) in [5.74, 6) is 0.125. The van der Waals surface area contributed by atoms with Crippen LogP contribution in [-0.4, -0.2) is 34.1 Å². The molecular formula is C17H18F2N2O3. The van der Waals surface area contributed by atoms with Gasteiger partial charge in [0, 0.05) is 12.6 Å². The number of methoxy groups -OCH3 is 2. The molecule has 0 radical (unpaired) electrons. The number of hydrogen-bond acceptors (Lipinski definition) is 5. The van der Waals surface area contributed by atoms with Crippen molar-refractivity contribution in [2.75, 3.05) is 26.3 Å². The molecule has 24 heavy (non-hydrogen) atoms. The molecule has 0 saturated heterocycles. The molecule has 128 valence electrons. The van der Waals surface area contributed by atoms with E-state index in [1.54, 1.807) is 30.4 Å². The first-order valence-corrected chi connectivity index (χ1v) is 7.08. The van der Waals surface area contributed by atoms with E-state index < -0.39 is 6.61 Å². The zero-order valence-electron chi connectivity index (χ0n) is 13.6. The van der Waals surface area contributed by atoms with E-state index in [9.17, 15) is 8.78 Å². The van der Waals surface area contributed by atoms with Crippen molar-refractivity contribution >= 4 is 11.9 Å². The molecule has 0 aliphatic carbocycles. The molecule has 0 saturated carbocycles. The number of ether oxygens (including phenoxy) is 3. The summed E-state index contributed by atoms with van der Waals surface area (Å²) in [6, 6.07) is 12.6. The Morgan fingerprint density at radius 2 is 1.62 bits per heavy atom. The Hall–Kier alpha value is -2.83. The Morgan fingerprint density at radius 1 is 1.04 bits per heavy atom. The summed E-state index contributed by atoms with van der Waals surface area (Å²) < 4.78 is 39.7. The molecule has 7 heteroatoms. The Morgan fingerprint density at radius 3 is 2.12 bits per heavy atom. The van der Waals surface area contributed by atoms with Crippen LogP contribution in [0.5, 0.6) is 17.2 Å². The van der Waals surface area contributed by atoms with Gasteiger partial charge in [-0.2, -0.15) is 13.9 Å². The zero-order valence-corrected chi connectivity index (χ0v) is 13.6. The van der Waals surface area contributed by atoms with Gasteiger partial charge in [-0.1, -0.05) is 18.2 Å². The highest BCUT2D eigenvalue weighted by Gasteiger charge is 2.17. The molecule has 0 heterocycles. The van der Waals surface area contributed by atoms with Crippen LogP contribution in [0.25, 0.3) is 0 Å². The Labute approximate surface area is 139 Å². The highest BCUT2D eigenvalue weighted by molar-refractivity contribution is 5.83. The average molecular weight is 336 g/mol. The van der Waals surface area contributed by atoms with Crippen LogP contribution in [0, 0.1) is 0 Å². The molecule has 2 aromatic carbocycles. The third-order valence-electron chi connectivity index (χ3n) is 3.20. The van der Waals surface area contributed by atoms with E-state index in [1.165, 1.54) is 14.2 Å². The van der Waals surface area contributed by atoms with Crippen molar-refractivity contribution in [3.05, 3.63) is 48.0 Å². The van der Waals surface area contributed by atoms with Crippen LogP contribution in [0.3, 0.4) is 0 Å². The molecule has 0 atom stereocenters. The molecule has 0 bridgehead atoms. The van der Waals surface area contributed by atoms with Crippen molar-refractivity contribution in [3.8, 4) is 17.2 Å². The molecule has 0 aliphatic heterocycles. The lowest BCUT2D eigenvalue weighted by molar-refractivity contribution is -0.0526. The van der Waals surface area contributed by atoms with Gasteiger partial charge in [0.25, 0.3) is 0 Å². The highest BCUT2D eigenvalue weighted by Crippen LogP contribution is 2.39. The van der Waals surface area contributed by atoms with Crippen molar-refractivity contribution in [3.63, 3.8) is 0 Å². The van der Waals surface area contributed by atoms with E-state index in [2.05, 4.69) is 9.84 Å². The summed E-state index contributed by atoms with van der Waals surface area (Å²) in [5.41, 5.74) is 1.53. The van der Waals surface area contributed by atoms with Gasteiger partial charge >= 0.3 is 6.61 Å². The van der Waals surface area contributed by atoms with Crippen molar-refractivity contribution in [1.29, 1.82) is 0 Å². The smallest absolute Gasteiger partial charge is 0.387 e. The Balaban J connectivity index is 2.29. The largest absolute Gasteiger partial charge is 0.493 e. The lowest BCUT2D eigenvalue weighted by Crippen LogP contribution is -2.09. The maximum Gasteiger partial charge on any atom is 0.387 e. The minimum atomic E-state index is -2.98. The first kappa shape index (κ1) is 17.5. The van der Waals surface area contributed by atoms with Gasteiger partial charge < -0.3 is 14.2 Å². The monoisotopic (exact) mass is 336 g/mol. The molecule has 0 spiro atoms. The minimum absolute atomic E-state index is 0.137. The van der Waals surface area contributed by atoms with Gasteiger partial charge in [-0.05, 0) is 24.3 Å². The second kappa shape index (κ2) is 8.14. The van der Waals surface area contributed by atoms with Gasteiger partial charge in [-0.25, -0.2) is 0 Å². The predicted molar refractivity (Wildman–Crippen MR) is 88.6 cm³/mol. The number of hydrogen-bond donors (Lipinski definition) is 0. The van der Waals surface area contributed by atoms with Crippen molar-refractivity contribution in [2.45, 2.75) is 6.61 Å². The second-order valence-corrected chi connectivity index (χ2v) is 4.74. The van der Waals surface area contributed by atoms with E-state index >= 15 is 0 Å². The molecule has 0 fully saturated rings. The number of rotatable bonds is 7. The van der Waals surface area contributed by atoms with Crippen LogP contribution in [0.1, 0.15) is 5.56 Å².